The highest BCUT2D eigenvalue weighted by Crippen LogP contribution is 2.33. The fourth-order valence-electron chi connectivity index (χ4n) is 4.63. The Labute approximate surface area is 220 Å². The van der Waals surface area contributed by atoms with Crippen LogP contribution in [0.3, 0.4) is 0 Å². The molecule has 1 aliphatic rings. The molecule has 1 aliphatic heterocycles. The Hall–Kier alpha value is -4.33. The second kappa shape index (κ2) is 11.0. The molecule has 8 heteroatoms. The number of hydrogen-bond donors (Lipinski definition) is 1. The summed E-state index contributed by atoms with van der Waals surface area (Å²) < 4.78 is 24.3. The minimum Gasteiger partial charge on any atom is -0.454 e. The lowest BCUT2D eigenvalue weighted by Gasteiger charge is -2.30. The van der Waals surface area contributed by atoms with Crippen LogP contribution in [0.25, 0.3) is 10.9 Å². The molecule has 2 amide bonds. The van der Waals surface area contributed by atoms with Crippen molar-refractivity contribution in [3.05, 3.63) is 95.4 Å². The Morgan fingerprint density at radius 1 is 1.00 bits per heavy atom. The van der Waals surface area contributed by atoms with Crippen molar-refractivity contribution in [3.8, 4) is 11.5 Å². The maximum Gasteiger partial charge on any atom is 0.254 e. The molecule has 0 aliphatic carbocycles. The van der Waals surface area contributed by atoms with Gasteiger partial charge in [0.05, 0.1) is 0 Å². The molecule has 2 heterocycles. The van der Waals surface area contributed by atoms with Crippen molar-refractivity contribution < 1.29 is 23.5 Å². The fraction of sp³-hybridized carbons (Fsp3) is 0.267. The zero-order valence-electron chi connectivity index (χ0n) is 21.4. The molecule has 0 fully saturated rings. The third-order valence-electron chi connectivity index (χ3n) is 6.77. The average molecular weight is 516 g/mol. The number of benzene rings is 3. The van der Waals surface area contributed by atoms with E-state index in [1.807, 2.05) is 38.2 Å². The smallest absolute Gasteiger partial charge is 0.254 e. The molecule has 0 radical (unpaired) electrons. The molecule has 5 rings (SSSR count). The summed E-state index contributed by atoms with van der Waals surface area (Å²) in [5, 5.41) is 1.11. The number of aromatic nitrogens is 1. The van der Waals surface area contributed by atoms with Crippen LogP contribution in [0.5, 0.6) is 11.5 Å². The molecule has 0 unspecified atom stereocenters. The molecule has 0 saturated carbocycles. The standard InChI is InChI=1S/C30H30FN3O4/c1-20(2)34(30(36)22-9-12-27-28(15-22)38-19-37-27)18-29(35)33(17-21-7-10-24(31)11-8-21)14-13-23-16-32-26-6-4-3-5-25(23)26/h3-12,15-16,20,32H,13-14,17-19H2,1-2H3. The second-order valence-electron chi connectivity index (χ2n) is 9.65. The first-order chi connectivity index (χ1) is 18.4. The lowest BCUT2D eigenvalue weighted by molar-refractivity contribution is -0.132. The number of ether oxygens (including phenoxy) is 2. The molecule has 38 heavy (non-hydrogen) atoms. The molecule has 0 saturated heterocycles. The minimum atomic E-state index is -0.328. The fourth-order valence-corrected chi connectivity index (χ4v) is 4.63. The van der Waals surface area contributed by atoms with E-state index in [-0.39, 0.29) is 37.0 Å². The predicted molar refractivity (Wildman–Crippen MR) is 143 cm³/mol. The minimum absolute atomic E-state index is 0.0833. The number of carbonyl (C=O) groups is 2. The molecular weight excluding hydrogens is 485 g/mol. The summed E-state index contributed by atoms with van der Waals surface area (Å²) in [5.74, 6) is 0.340. The SMILES string of the molecule is CC(C)N(CC(=O)N(CCc1c[nH]c2ccccc12)Cc1ccc(F)cc1)C(=O)c1ccc2c(c1)OCO2. The lowest BCUT2D eigenvalue weighted by atomic mass is 10.1. The normalized spacial score (nSPS) is 12.2. The number of halogens is 1. The largest absolute Gasteiger partial charge is 0.454 e. The van der Waals surface area contributed by atoms with Gasteiger partial charge in [-0.05, 0) is 67.8 Å². The molecule has 3 aromatic carbocycles. The van der Waals surface area contributed by atoms with E-state index in [2.05, 4.69) is 11.1 Å². The molecular formula is C30H30FN3O4. The average Bonchev–Trinajstić information content (AvgIpc) is 3.56. The van der Waals surface area contributed by atoms with Gasteiger partial charge in [0.15, 0.2) is 11.5 Å². The van der Waals surface area contributed by atoms with Crippen LogP contribution in [0.15, 0.2) is 72.9 Å². The monoisotopic (exact) mass is 515 g/mol. The van der Waals surface area contributed by atoms with Crippen molar-refractivity contribution in [2.24, 2.45) is 0 Å². The molecule has 0 atom stereocenters. The van der Waals surface area contributed by atoms with Gasteiger partial charge in [0, 0.05) is 41.8 Å². The van der Waals surface area contributed by atoms with Gasteiger partial charge in [-0.2, -0.15) is 0 Å². The van der Waals surface area contributed by atoms with Gasteiger partial charge in [-0.1, -0.05) is 30.3 Å². The van der Waals surface area contributed by atoms with E-state index in [1.165, 1.54) is 12.1 Å². The predicted octanol–water partition coefficient (Wildman–Crippen LogP) is 5.16. The zero-order valence-corrected chi connectivity index (χ0v) is 21.4. The number of para-hydroxylation sites is 1. The number of hydrogen-bond acceptors (Lipinski definition) is 4. The number of nitrogens with zero attached hydrogens (tertiary/aromatic N) is 2. The first kappa shape index (κ1) is 25.3. The Morgan fingerprint density at radius 2 is 1.76 bits per heavy atom. The van der Waals surface area contributed by atoms with Gasteiger partial charge < -0.3 is 24.3 Å². The summed E-state index contributed by atoms with van der Waals surface area (Å²) in [6.07, 6.45) is 2.60. The highest BCUT2D eigenvalue weighted by molar-refractivity contribution is 5.97. The first-order valence-electron chi connectivity index (χ1n) is 12.7. The van der Waals surface area contributed by atoms with Crippen LogP contribution in [0.4, 0.5) is 4.39 Å². The summed E-state index contributed by atoms with van der Waals surface area (Å²) in [7, 11) is 0. The van der Waals surface area contributed by atoms with Crippen molar-refractivity contribution in [2.45, 2.75) is 32.9 Å². The third-order valence-corrected chi connectivity index (χ3v) is 6.77. The maximum absolute atomic E-state index is 13.7. The molecule has 1 aromatic heterocycles. The van der Waals surface area contributed by atoms with Gasteiger partial charge in [0.1, 0.15) is 12.4 Å². The van der Waals surface area contributed by atoms with Crippen LogP contribution in [-0.2, 0) is 17.8 Å². The number of fused-ring (bicyclic) bond motifs is 2. The highest BCUT2D eigenvalue weighted by Gasteiger charge is 2.26. The summed E-state index contributed by atoms with van der Waals surface area (Å²) in [6, 6.07) is 19.0. The highest BCUT2D eigenvalue weighted by atomic mass is 19.1. The molecule has 0 bridgehead atoms. The van der Waals surface area contributed by atoms with Gasteiger partial charge in [-0.25, -0.2) is 4.39 Å². The summed E-state index contributed by atoms with van der Waals surface area (Å²) in [5.41, 5.74) is 3.39. The lowest BCUT2D eigenvalue weighted by Crippen LogP contribution is -2.46. The van der Waals surface area contributed by atoms with Crippen LogP contribution in [0, 0.1) is 5.82 Å². The molecule has 7 nitrogen and oxygen atoms in total. The van der Waals surface area contributed by atoms with E-state index in [9.17, 15) is 14.0 Å². The van der Waals surface area contributed by atoms with E-state index in [0.717, 1.165) is 22.0 Å². The van der Waals surface area contributed by atoms with Crippen molar-refractivity contribution in [3.63, 3.8) is 0 Å². The quantitative estimate of drug-likeness (QED) is 0.334. The third kappa shape index (κ3) is 5.49. The number of rotatable bonds is 9. The van der Waals surface area contributed by atoms with Crippen LogP contribution in [-0.4, -0.2) is 52.5 Å². The van der Waals surface area contributed by atoms with Crippen LogP contribution in [0.2, 0.25) is 0 Å². The number of H-pyrrole nitrogens is 1. The van der Waals surface area contributed by atoms with Gasteiger partial charge in [-0.15, -0.1) is 0 Å². The summed E-state index contributed by atoms with van der Waals surface area (Å²) in [4.78, 5) is 33.7. The van der Waals surface area contributed by atoms with Crippen molar-refractivity contribution >= 4 is 22.7 Å². The van der Waals surface area contributed by atoms with Gasteiger partial charge in [0.25, 0.3) is 5.91 Å². The Bertz CT molecular complexity index is 1450. The van der Waals surface area contributed by atoms with Crippen LogP contribution >= 0.6 is 0 Å². The van der Waals surface area contributed by atoms with Gasteiger partial charge >= 0.3 is 0 Å². The zero-order chi connectivity index (χ0) is 26.6. The van der Waals surface area contributed by atoms with E-state index in [0.29, 0.717) is 36.6 Å². The number of nitrogens with one attached hydrogen (secondary N) is 1. The van der Waals surface area contributed by atoms with Crippen molar-refractivity contribution in [2.75, 3.05) is 19.9 Å². The number of aromatic amines is 1. The molecule has 0 spiro atoms. The van der Waals surface area contributed by atoms with Crippen LogP contribution in [0.1, 0.15) is 35.3 Å². The first-order valence-corrected chi connectivity index (χ1v) is 12.7. The van der Waals surface area contributed by atoms with E-state index >= 15 is 0 Å². The Kier molecular flexibility index (Phi) is 7.31. The molecule has 196 valence electrons. The van der Waals surface area contributed by atoms with Gasteiger partial charge in [0.2, 0.25) is 12.7 Å². The van der Waals surface area contributed by atoms with E-state index < -0.39 is 0 Å². The molecule has 4 aromatic rings. The van der Waals surface area contributed by atoms with E-state index in [4.69, 9.17) is 9.47 Å². The number of carbonyl (C=O) groups excluding carboxylic acids is 2. The van der Waals surface area contributed by atoms with Gasteiger partial charge in [-0.3, -0.25) is 9.59 Å². The van der Waals surface area contributed by atoms with Crippen LogP contribution < -0.4 is 9.47 Å². The second-order valence-corrected chi connectivity index (χ2v) is 9.65. The molecule has 1 N–H and O–H groups in total. The summed E-state index contributed by atoms with van der Waals surface area (Å²) >= 11 is 0. The Morgan fingerprint density at radius 3 is 2.55 bits per heavy atom. The topological polar surface area (TPSA) is 74.9 Å². The van der Waals surface area contributed by atoms with Crippen molar-refractivity contribution in [1.82, 2.24) is 14.8 Å². The summed E-state index contributed by atoms with van der Waals surface area (Å²) in [6.45, 7) is 4.56. The Balaban J connectivity index is 1.35. The maximum atomic E-state index is 13.7. The number of amides is 2. The van der Waals surface area contributed by atoms with E-state index in [1.54, 1.807) is 40.1 Å². The van der Waals surface area contributed by atoms with Crippen molar-refractivity contribution in [1.29, 1.82) is 0 Å².